The van der Waals surface area contributed by atoms with Crippen molar-refractivity contribution in [3.05, 3.63) is 0 Å². The van der Waals surface area contributed by atoms with Crippen molar-refractivity contribution < 1.29 is 14.3 Å². The molecule has 164 valence electrons. The minimum atomic E-state index is -0.111. The summed E-state index contributed by atoms with van der Waals surface area (Å²) in [4.78, 5) is 31.2. The maximum Gasteiger partial charge on any atom is 0.239 e. The van der Waals surface area contributed by atoms with Crippen LogP contribution in [-0.4, -0.2) is 98.1 Å². The number of piperazine rings is 1. The van der Waals surface area contributed by atoms with Gasteiger partial charge in [-0.25, -0.2) is 0 Å². The lowest BCUT2D eigenvalue weighted by molar-refractivity contribution is -0.142. The normalized spacial score (nSPS) is 22.8. The van der Waals surface area contributed by atoms with Gasteiger partial charge < -0.3 is 19.9 Å². The van der Waals surface area contributed by atoms with Crippen LogP contribution in [0.25, 0.3) is 0 Å². The maximum absolute atomic E-state index is 12.6. The molecule has 2 amide bonds. The summed E-state index contributed by atoms with van der Waals surface area (Å²) in [6.45, 7) is 9.89. The highest BCUT2D eigenvalue weighted by Gasteiger charge is 2.30. The van der Waals surface area contributed by atoms with Crippen molar-refractivity contribution in [1.82, 2.24) is 20.0 Å². The molecule has 0 aromatic heterocycles. The molecule has 0 radical (unpaired) electrons. The van der Waals surface area contributed by atoms with Gasteiger partial charge in [-0.1, -0.05) is 0 Å². The van der Waals surface area contributed by atoms with Crippen molar-refractivity contribution in [3.8, 4) is 0 Å². The van der Waals surface area contributed by atoms with Gasteiger partial charge in [0.05, 0.1) is 19.3 Å². The van der Waals surface area contributed by atoms with E-state index in [1.807, 2.05) is 16.7 Å². The van der Waals surface area contributed by atoms with Gasteiger partial charge in [0.1, 0.15) is 0 Å². The first-order valence-electron chi connectivity index (χ1n) is 10.2. The number of piperidine rings is 1. The van der Waals surface area contributed by atoms with Crippen molar-refractivity contribution in [2.45, 2.75) is 38.6 Å². The Morgan fingerprint density at radius 3 is 2.18 bits per heavy atom. The van der Waals surface area contributed by atoms with Gasteiger partial charge in [0.15, 0.2) is 0 Å². The third-order valence-electron chi connectivity index (χ3n) is 6.12. The van der Waals surface area contributed by atoms with Gasteiger partial charge in [-0.05, 0) is 45.2 Å². The highest BCUT2D eigenvalue weighted by molar-refractivity contribution is 5.85. The fraction of sp³-hybridized carbons (Fsp3) is 0.895. The van der Waals surface area contributed by atoms with Gasteiger partial charge in [-0.2, -0.15) is 0 Å². The second-order valence-corrected chi connectivity index (χ2v) is 7.76. The fourth-order valence-electron chi connectivity index (χ4n) is 4.22. The lowest BCUT2D eigenvalue weighted by Gasteiger charge is -2.39. The van der Waals surface area contributed by atoms with E-state index >= 15 is 0 Å². The first-order chi connectivity index (χ1) is 12.6. The van der Waals surface area contributed by atoms with E-state index in [4.69, 9.17) is 4.74 Å². The van der Waals surface area contributed by atoms with Crippen LogP contribution in [0, 0.1) is 5.92 Å². The summed E-state index contributed by atoms with van der Waals surface area (Å²) >= 11 is 0. The zero-order valence-electron chi connectivity index (χ0n) is 16.9. The van der Waals surface area contributed by atoms with Crippen LogP contribution < -0.4 is 5.32 Å². The van der Waals surface area contributed by atoms with Crippen LogP contribution in [0.5, 0.6) is 0 Å². The Balaban J connectivity index is 0.00000196. The van der Waals surface area contributed by atoms with Crippen LogP contribution in [0.1, 0.15) is 32.6 Å². The van der Waals surface area contributed by atoms with E-state index in [2.05, 4.69) is 10.2 Å². The van der Waals surface area contributed by atoms with E-state index < -0.39 is 0 Å². The predicted molar refractivity (Wildman–Crippen MR) is 114 cm³/mol. The number of carbonyl (C=O) groups excluding carboxylic acids is 2. The minimum Gasteiger partial charge on any atom is -0.378 e. The van der Waals surface area contributed by atoms with E-state index in [9.17, 15) is 9.59 Å². The number of morpholine rings is 1. The Hall–Kier alpha value is -0.600. The molecule has 0 aromatic carbocycles. The molecule has 3 fully saturated rings. The predicted octanol–water partition coefficient (Wildman–Crippen LogP) is 1.00. The molecule has 9 heteroatoms. The van der Waals surface area contributed by atoms with Crippen molar-refractivity contribution in [2.75, 3.05) is 65.6 Å². The van der Waals surface area contributed by atoms with Crippen LogP contribution in [-0.2, 0) is 14.3 Å². The molecule has 3 heterocycles. The Bertz CT molecular complexity index is 478. The Kier molecular flexibility index (Phi) is 11.7. The van der Waals surface area contributed by atoms with Crippen molar-refractivity contribution in [3.63, 3.8) is 0 Å². The summed E-state index contributed by atoms with van der Waals surface area (Å²) in [5.41, 5.74) is 0. The van der Waals surface area contributed by atoms with Gasteiger partial charge in [0.2, 0.25) is 11.8 Å². The van der Waals surface area contributed by atoms with E-state index in [0.29, 0.717) is 38.6 Å². The molecule has 3 aliphatic heterocycles. The maximum atomic E-state index is 12.6. The Morgan fingerprint density at radius 1 is 0.964 bits per heavy atom. The SMILES string of the molecule is CC(C(=O)N1CCOCC1)N1CCN(C(=O)CCC2CCNCC2)CC1.Cl.Cl. The number of hydrogen-bond donors (Lipinski definition) is 1. The topological polar surface area (TPSA) is 65.1 Å². The first-order valence-corrected chi connectivity index (χ1v) is 10.2. The van der Waals surface area contributed by atoms with Crippen LogP contribution in [0.2, 0.25) is 0 Å². The van der Waals surface area contributed by atoms with Crippen molar-refractivity contribution >= 4 is 36.6 Å². The summed E-state index contributed by atoms with van der Waals surface area (Å²) in [6.07, 6.45) is 4.09. The highest BCUT2D eigenvalue weighted by atomic mass is 35.5. The smallest absolute Gasteiger partial charge is 0.239 e. The summed E-state index contributed by atoms with van der Waals surface area (Å²) < 4.78 is 5.33. The molecular weight excluding hydrogens is 403 g/mol. The molecule has 1 atom stereocenters. The number of rotatable bonds is 5. The largest absolute Gasteiger partial charge is 0.378 e. The number of nitrogens with zero attached hydrogens (tertiary/aromatic N) is 3. The van der Waals surface area contributed by atoms with Crippen LogP contribution in [0.3, 0.4) is 0 Å². The number of hydrogen-bond acceptors (Lipinski definition) is 5. The molecule has 1 unspecified atom stereocenters. The molecule has 28 heavy (non-hydrogen) atoms. The zero-order valence-corrected chi connectivity index (χ0v) is 18.6. The van der Waals surface area contributed by atoms with E-state index in [0.717, 1.165) is 45.7 Å². The monoisotopic (exact) mass is 438 g/mol. The number of carbonyl (C=O) groups is 2. The third-order valence-corrected chi connectivity index (χ3v) is 6.12. The first kappa shape index (κ1) is 25.4. The summed E-state index contributed by atoms with van der Waals surface area (Å²) in [5, 5.41) is 3.38. The highest BCUT2D eigenvalue weighted by Crippen LogP contribution is 2.19. The quantitative estimate of drug-likeness (QED) is 0.693. The Morgan fingerprint density at radius 2 is 1.57 bits per heavy atom. The van der Waals surface area contributed by atoms with E-state index in [1.165, 1.54) is 12.8 Å². The van der Waals surface area contributed by atoms with Crippen LogP contribution >= 0.6 is 24.8 Å². The van der Waals surface area contributed by atoms with Gasteiger partial charge >= 0.3 is 0 Å². The summed E-state index contributed by atoms with van der Waals surface area (Å²) in [6, 6.07) is -0.111. The van der Waals surface area contributed by atoms with Crippen LogP contribution in [0.15, 0.2) is 0 Å². The van der Waals surface area contributed by atoms with E-state index in [-0.39, 0.29) is 42.7 Å². The molecular formula is C19H36Cl2N4O3. The molecule has 1 N–H and O–H groups in total. The molecule has 0 bridgehead atoms. The zero-order chi connectivity index (χ0) is 18.4. The van der Waals surface area contributed by atoms with Gasteiger partial charge in [0, 0.05) is 45.7 Å². The molecule has 3 aliphatic rings. The number of ether oxygens (including phenoxy) is 1. The fourth-order valence-corrected chi connectivity index (χ4v) is 4.22. The minimum absolute atomic E-state index is 0. The summed E-state index contributed by atoms with van der Waals surface area (Å²) in [7, 11) is 0. The van der Waals surface area contributed by atoms with Gasteiger partial charge in [-0.15, -0.1) is 24.8 Å². The summed E-state index contributed by atoms with van der Waals surface area (Å²) in [5.74, 6) is 1.18. The third kappa shape index (κ3) is 7.02. The molecule has 0 aromatic rings. The number of halogens is 2. The van der Waals surface area contributed by atoms with E-state index in [1.54, 1.807) is 0 Å². The Labute approximate surface area is 181 Å². The molecule has 0 saturated carbocycles. The molecule has 3 saturated heterocycles. The molecule has 0 aliphatic carbocycles. The average molecular weight is 439 g/mol. The van der Waals surface area contributed by atoms with Crippen molar-refractivity contribution in [1.29, 1.82) is 0 Å². The van der Waals surface area contributed by atoms with Crippen molar-refractivity contribution in [2.24, 2.45) is 5.92 Å². The lowest BCUT2D eigenvalue weighted by atomic mass is 9.93. The second kappa shape index (κ2) is 12.9. The average Bonchev–Trinajstić information content (AvgIpc) is 2.72. The van der Waals surface area contributed by atoms with Gasteiger partial charge in [-0.3, -0.25) is 14.5 Å². The van der Waals surface area contributed by atoms with Crippen LogP contribution in [0.4, 0.5) is 0 Å². The molecule has 0 spiro atoms. The standard InChI is InChI=1S/C19H34N4O3.2ClH/c1-16(19(25)23-12-14-26-15-13-23)21-8-10-22(11-9-21)18(24)3-2-17-4-6-20-7-5-17;;/h16-17,20H,2-15H2,1H3;2*1H. The lowest BCUT2D eigenvalue weighted by Crippen LogP contribution is -2.56. The molecule has 7 nitrogen and oxygen atoms in total. The number of nitrogens with one attached hydrogen (secondary N) is 1. The van der Waals surface area contributed by atoms with Gasteiger partial charge in [0.25, 0.3) is 0 Å². The number of amides is 2. The molecule has 3 rings (SSSR count). The second-order valence-electron chi connectivity index (χ2n) is 7.76.